The van der Waals surface area contributed by atoms with Crippen LogP contribution in [0.2, 0.25) is 0 Å². The third-order valence-electron chi connectivity index (χ3n) is 3.80. The van der Waals surface area contributed by atoms with Crippen LogP contribution in [0.3, 0.4) is 0 Å². The molecule has 0 aliphatic carbocycles. The van der Waals surface area contributed by atoms with Crippen LogP contribution < -0.4 is 20.3 Å². The molecule has 0 spiro atoms. The predicted octanol–water partition coefficient (Wildman–Crippen LogP) is 2.33. The lowest BCUT2D eigenvalue weighted by Crippen LogP contribution is -2.34. The summed E-state index contributed by atoms with van der Waals surface area (Å²) in [6.45, 7) is 1.91. The van der Waals surface area contributed by atoms with Crippen LogP contribution in [-0.4, -0.2) is 37.4 Å². The molecule has 2 N–H and O–H groups in total. The van der Waals surface area contributed by atoms with Crippen molar-refractivity contribution in [3.63, 3.8) is 0 Å². The van der Waals surface area contributed by atoms with Gasteiger partial charge >= 0.3 is 6.09 Å². The van der Waals surface area contributed by atoms with Gasteiger partial charge in [0.15, 0.2) is 5.11 Å². The van der Waals surface area contributed by atoms with E-state index in [0.29, 0.717) is 36.4 Å². The van der Waals surface area contributed by atoms with E-state index in [-0.39, 0.29) is 24.2 Å². The molecule has 0 radical (unpaired) electrons. The van der Waals surface area contributed by atoms with Gasteiger partial charge in [0.1, 0.15) is 12.3 Å². The average molecular weight is 376 g/mol. The van der Waals surface area contributed by atoms with Crippen molar-refractivity contribution in [2.24, 2.45) is 0 Å². The molecule has 1 aromatic carbocycles. The SMILES string of the molecule is CCOC(=O)NC(=S)Nc1cc2c(cc1OC)N(CC#N)C(=O)CCC2. The predicted molar refractivity (Wildman–Crippen MR) is 100 cm³/mol. The van der Waals surface area contributed by atoms with Crippen molar-refractivity contribution >= 4 is 40.7 Å². The second-order valence-electron chi connectivity index (χ2n) is 5.47. The molecule has 2 amide bonds. The number of amides is 2. The second-order valence-corrected chi connectivity index (χ2v) is 5.88. The van der Waals surface area contributed by atoms with Gasteiger partial charge in [0, 0.05) is 12.5 Å². The fraction of sp³-hybridized carbons (Fsp3) is 0.412. The first-order valence-corrected chi connectivity index (χ1v) is 8.54. The molecule has 1 aliphatic heterocycles. The Bertz CT molecular complexity index is 760. The van der Waals surface area contributed by atoms with Crippen LogP contribution in [0.1, 0.15) is 25.3 Å². The Balaban J connectivity index is 2.31. The minimum atomic E-state index is -0.649. The van der Waals surface area contributed by atoms with Crippen molar-refractivity contribution in [2.75, 3.05) is 30.5 Å². The molecule has 26 heavy (non-hydrogen) atoms. The highest BCUT2D eigenvalue weighted by Gasteiger charge is 2.24. The summed E-state index contributed by atoms with van der Waals surface area (Å²) < 4.78 is 10.2. The van der Waals surface area contributed by atoms with Gasteiger partial charge in [-0.1, -0.05) is 0 Å². The highest BCUT2D eigenvalue weighted by molar-refractivity contribution is 7.80. The summed E-state index contributed by atoms with van der Waals surface area (Å²) in [6.07, 6.45) is 1.10. The van der Waals surface area contributed by atoms with E-state index in [4.69, 9.17) is 27.0 Å². The van der Waals surface area contributed by atoms with Crippen LogP contribution in [0.15, 0.2) is 12.1 Å². The molecule has 1 heterocycles. The highest BCUT2D eigenvalue weighted by Crippen LogP contribution is 2.36. The zero-order chi connectivity index (χ0) is 19.1. The van der Waals surface area contributed by atoms with E-state index in [1.807, 2.05) is 12.1 Å². The van der Waals surface area contributed by atoms with Crippen LogP contribution in [0.25, 0.3) is 0 Å². The van der Waals surface area contributed by atoms with Gasteiger partial charge in [-0.25, -0.2) is 4.79 Å². The number of ether oxygens (including phenoxy) is 2. The number of methoxy groups -OCH3 is 1. The first-order chi connectivity index (χ1) is 12.5. The van der Waals surface area contributed by atoms with Crippen LogP contribution in [-0.2, 0) is 16.0 Å². The van der Waals surface area contributed by atoms with Crippen LogP contribution in [0.5, 0.6) is 5.75 Å². The van der Waals surface area contributed by atoms with E-state index in [0.717, 1.165) is 5.56 Å². The number of nitrogens with one attached hydrogen (secondary N) is 2. The normalized spacial score (nSPS) is 13.1. The first kappa shape index (κ1) is 19.5. The van der Waals surface area contributed by atoms with Crippen molar-refractivity contribution in [1.29, 1.82) is 5.26 Å². The summed E-state index contributed by atoms with van der Waals surface area (Å²) >= 11 is 5.11. The van der Waals surface area contributed by atoms with Crippen LogP contribution in [0.4, 0.5) is 16.2 Å². The van der Waals surface area contributed by atoms with Crippen molar-refractivity contribution in [1.82, 2.24) is 5.32 Å². The van der Waals surface area contributed by atoms with Gasteiger partial charge in [-0.2, -0.15) is 5.26 Å². The topological polar surface area (TPSA) is 104 Å². The van der Waals surface area contributed by atoms with Gasteiger partial charge < -0.3 is 14.8 Å². The van der Waals surface area contributed by atoms with Gasteiger partial charge in [0.05, 0.1) is 31.2 Å². The summed E-state index contributed by atoms with van der Waals surface area (Å²) in [7, 11) is 1.49. The van der Waals surface area contributed by atoms with E-state index in [9.17, 15) is 9.59 Å². The molecular weight excluding hydrogens is 356 g/mol. The molecule has 9 heteroatoms. The number of alkyl carbamates (subject to hydrolysis) is 1. The Kier molecular flexibility index (Phi) is 6.74. The quantitative estimate of drug-likeness (QED) is 0.614. The minimum absolute atomic E-state index is 0.0232. The molecule has 0 fully saturated rings. The standard InChI is InChI=1S/C17H20N4O4S/c1-3-25-17(23)20-16(26)19-12-9-11-5-4-6-15(22)21(8-7-18)13(11)10-14(12)24-2/h9-10H,3-6,8H2,1-2H3,(H2,19,20,23,26). The number of aryl methyl sites for hydroxylation is 1. The monoisotopic (exact) mass is 376 g/mol. The number of carbonyl (C=O) groups excluding carboxylic acids is 2. The number of benzene rings is 1. The largest absolute Gasteiger partial charge is 0.494 e. The molecule has 0 saturated heterocycles. The number of anilines is 2. The molecule has 2 rings (SSSR count). The first-order valence-electron chi connectivity index (χ1n) is 8.13. The maximum Gasteiger partial charge on any atom is 0.413 e. The Morgan fingerprint density at radius 1 is 1.42 bits per heavy atom. The molecule has 138 valence electrons. The lowest BCUT2D eigenvalue weighted by Gasteiger charge is -2.22. The maximum absolute atomic E-state index is 12.2. The number of hydrogen-bond donors (Lipinski definition) is 2. The molecule has 0 saturated carbocycles. The fourth-order valence-electron chi connectivity index (χ4n) is 2.69. The van der Waals surface area contributed by atoms with Crippen LogP contribution >= 0.6 is 12.2 Å². The molecule has 1 aliphatic rings. The second kappa shape index (κ2) is 9.01. The Morgan fingerprint density at radius 2 is 2.19 bits per heavy atom. The molecule has 1 aromatic rings. The summed E-state index contributed by atoms with van der Waals surface area (Å²) in [6, 6.07) is 5.54. The number of thiocarbonyl (C=S) groups is 1. The Hall–Kier alpha value is -2.86. The zero-order valence-electron chi connectivity index (χ0n) is 14.6. The Labute approximate surface area is 157 Å². The van der Waals surface area contributed by atoms with Crippen molar-refractivity contribution in [3.05, 3.63) is 17.7 Å². The molecular formula is C17H20N4O4S. The fourth-order valence-corrected chi connectivity index (χ4v) is 2.88. The van der Waals surface area contributed by atoms with Gasteiger partial charge in [-0.15, -0.1) is 0 Å². The number of nitrogens with zero attached hydrogens (tertiary/aromatic N) is 2. The summed E-state index contributed by atoms with van der Waals surface area (Å²) in [5.74, 6) is 0.349. The smallest absolute Gasteiger partial charge is 0.413 e. The van der Waals surface area contributed by atoms with Gasteiger partial charge in [0.2, 0.25) is 5.91 Å². The zero-order valence-corrected chi connectivity index (χ0v) is 15.4. The summed E-state index contributed by atoms with van der Waals surface area (Å²) in [4.78, 5) is 25.2. The third kappa shape index (κ3) is 4.61. The summed E-state index contributed by atoms with van der Waals surface area (Å²) in [5.41, 5.74) is 2.10. The molecule has 0 atom stereocenters. The van der Waals surface area contributed by atoms with Crippen molar-refractivity contribution < 1.29 is 19.1 Å². The van der Waals surface area contributed by atoms with E-state index in [1.54, 1.807) is 13.0 Å². The van der Waals surface area contributed by atoms with E-state index >= 15 is 0 Å². The third-order valence-corrected chi connectivity index (χ3v) is 4.00. The Morgan fingerprint density at radius 3 is 2.85 bits per heavy atom. The van der Waals surface area contributed by atoms with Gasteiger partial charge in [-0.05, 0) is 43.6 Å². The minimum Gasteiger partial charge on any atom is -0.494 e. The van der Waals surface area contributed by atoms with Crippen molar-refractivity contribution in [2.45, 2.75) is 26.2 Å². The average Bonchev–Trinajstić information content (AvgIpc) is 2.73. The number of rotatable bonds is 4. The number of fused-ring (bicyclic) bond motifs is 1. The molecule has 8 nitrogen and oxygen atoms in total. The molecule has 0 aromatic heterocycles. The maximum atomic E-state index is 12.2. The lowest BCUT2D eigenvalue weighted by molar-refractivity contribution is -0.118. The summed E-state index contributed by atoms with van der Waals surface area (Å²) in [5, 5.41) is 14.4. The van der Waals surface area contributed by atoms with Crippen LogP contribution in [0, 0.1) is 11.3 Å². The number of nitriles is 1. The highest BCUT2D eigenvalue weighted by atomic mass is 32.1. The van der Waals surface area contributed by atoms with E-state index in [1.165, 1.54) is 12.0 Å². The lowest BCUT2D eigenvalue weighted by atomic mass is 10.1. The molecule has 0 unspecified atom stereocenters. The number of carbonyl (C=O) groups is 2. The van der Waals surface area contributed by atoms with E-state index < -0.39 is 6.09 Å². The molecule has 0 bridgehead atoms. The van der Waals surface area contributed by atoms with E-state index in [2.05, 4.69) is 10.6 Å². The van der Waals surface area contributed by atoms with Gasteiger partial charge in [0.25, 0.3) is 0 Å². The van der Waals surface area contributed by atoms with Crippen molar-refractivity contribution in [3.8, 4) is 11.8 Å². The van der Waals surface area contributed by atoms with Gasteiger partial charge in [-0.3, -0.25) is 15.0 Å². The number of hydrogen-bond acceptors (Lipinski definition) is 6.